The highest BCUT2D eigenvalue weighted by molar-refractivity contribution is 7.17. The Labute approximate surface area is 172 Å². The second kappa shape index (κ2) is 9.09. The van der Waals surface area contributed by atoms with Gasteiger partial charge in [0.05, 0.1) is 22.2 Å². The summed E-state index contributed by atoms with van der Waals surface area (Å²) in [6.45, 7) is 2.07. The fourth-order valence-electron chi connectivity index (χ4n) is 3.24. The molecule has 4 nitrogen and oxygen atoms in total. The molecule has 0 spiro atoms. The first-order valence-electron chi connectivity index (χ1n) is 9.09. The van der Waals surface area contributed by atoms with Crippen molar-refractivity contribution in [2.24, 2.45) is 0 Å². The van der Waals surface area contributed by atoms with Crippen LogP contribution in [0.4, 0.5) is 5.00 Å². The summed E-state index contributed by atoms with van der Waals surface area (Å²) in [4.78, 5) is 26.5. The summed E-state index contributed by atoms with van der Waals surface area (Å²) in [5.41, 5.74) is 1.93. The Morgan fingerprint density at radius 1 is 1.11 bits per heavy atom. The van der Waals surface area contributed by atoms with Crippen LogP contribution in [-0.4, -0.2) is 18.5 Å². The molecule has 0 fully saturated rings. The first kappa shape index (κ1) is 20.2. The fraction of sp³-hybridized carbons (Fsp3) is 0.400. The van der Waals surface area contributed by atoms with Crippen LogP contribution in [0.3, 0.4) is 0 Å². The van der Waals surface area contributed by atoms with Gasteiger partial charge < -0.3 is 10.1 Å². The number of anilines is 1. The summed E-state index contributed by atoms with van der Waals surface area (Å²) in [5, 5.41) is 4.14. The van der Waals surface area contributed by atoms with E-state index in [9.17, 15) is 9.59 Å². The number of hydrogen-bond acceptors (Lipinski definition) is 4. The number of rotatable bonds is 4. The molecular weight excluding hydrogens is 405 g/mol. The monoisotopic (exact) mass is 425 g/mol. The van der Waals surface area contributed by atoms with E-state index in [1.54, 1.807) is 19.1 Å². The number of esters is 1. The maximum absolute atomic E-state index is 12.7. The number of ether oxygens (including phenoxy) is 1. The van der Waals surface area contributed by atoms with E-state index in [1.807, 2.05) is 0 Å². The zero-order valence-electron chi connectivity index (χ0n) is 15.1. The average Bonchev–Trinajstić information content (AvgIpc) is 2.93. The van der Waals surface area contributed by atoms with E-state index >= 15 is 0 Å². The molecule has 0 radical (unpaired) electrons. The van der Waals surface area contributed by atoms with Gasteiger partial charge in [0.1, 0.15) is 5.00 Å². The van der Waals surface area contributed by atoms with Gasteiger partial charge in [-0.05, 0) is 56.4 Å². The molecule has 7 heteroatoms. The smallest absolute Gasteiger partial charge is 0.341 e. The summed E-state index contributed by atoms with van der Waals surface area (Å²) >= 11 is 13.4. The minimum atomic E-state index is -0.375. The van der Waals surface area contributed by atoms with Crippen molar-refractivity contribution in [2.45, 2.75) is 45.4 Å². The zero-order chi connectivity index (χ0) is 19.4. The lowest BCUT2D eigenvalue weighted by Crippen LogP contribution is -2.15. The highest BCUT2D eigenvalue weighted by Crippen LogP contribution is 2.38. The second-order valence-electron chi connectivity index (χ2n) is 6.43. The number of aryl methyl sites for hydroxylation is 1. The average molecular weight is 426 g/mol. The Bertz CT molecular complexity index is 863. The van der Waals surface area contributed by atoms with Gasteiger partial charge in [-0.2, -0.15) is 0 Å². The molecule has 0 bridgehead atoms. The molecule has 27 heavy (non-hydrogen) atoms. The molecule has 1 aliphatic carbocycles. The van der Waals surface area contributed by atoms with Crippen molar-refractivity contribution in [3.63, 3.8) is 0 Å². The summed E-state index contributed by atoms with van der Waals surface area (Å²) < 4.78 is 5.27. The molecular formula is C20H21Cl2NO3S. The van der Waals surface area contributed by atoms with Gasteiger partial charge in [0.2, 0.25) is 0 Å². The van der Waals surface area contributed by atoms with Crippen LogP contribution in [0.5, 0.6) is 0 Å². The number of benzene rings is 1. The van der Waals surface area contributed by atoms with Gasteiger partial charge in [-0.15, -0.1) is 11.3 Å². The van der Waals surface area contributed by atoms with Crippen molar-refractivity contribution < 1.29 is 14.3 Å². The van der Waals surface area contributed by atoms with Crippen LogP contribution in [0, 0.1) is 0 Å². The number of amides is 1. The molecule has 1 aliphatic rings. The first-order valence-corrected chi connectivity index (χ1v) is 10.7. The maximum Gasteiger partial charge on any atom is 0.341 e. The van der Waals surface area contributed by atoms with Crippen molar-refractivity contribution in [1.82, 2.24) is 0 Å². The molecule has 1 aromatic carbocycles. The number of carbonyl (C=O) groups excluding carboxylic acids is 2. The van der Waals surface area contributed by atoms with E-state index in [4.69, 9.17) is 27.9 Å². The fourth-order valence-corrected chi connectivity index (χ4v) is 4.81. The largest absolute Gasteiger partial charge is 0.462 e. The van der Waals surface area contributed by atoms with Crippen molar-refractivity contribution in [1.29, 1.82) is 0 Å². The lowest BCUT2D eigenvalue weighted by atomic mass is 9.96. The Kier molecular flexibility index (Phi) is 6.79. The number of hydrogen-bond donors (Lipinski definition) is 1. The van der Waals surface area contributed by atoms with E-state index in [1.165, 1.54) is 28.7 Å². The first-order chi connectivity index (χ1) is 13.0. The summed E-state index contributed by atoms with van der Waals surface area (Å²) in [5.74, 6) is -0.701. The third kappa shape index (κ3) is 4.65. The quantitative estimate of drug-likeness (QED) is 0.598. The third-order valence-corrected chi connectivity index (χ3v) is 6.51. The van der Waals surface area contributed by atoms with E-state index in [0.29, 0.717) is 32.8 Å². The van der Waals surface area contributed by atoms with E-state index < -0.39 is 0 Å². The SMILES string of the molecule is CCOC(=O)c1c(NC(=O)c2ccc(Cl)c(Cl)c2)sc2c1CCCCCC2. The van der Waals surface area contributed by atoms with Gasteiger partial charge in [-0.25, -0.2) is 4.79 Å². The van der Waals surface area contributed by atoms with Crippen LogP contribution < -0.4 is 5.32 Å². The molecule has 0 unspecified atom stereocenters. The predicted molar refractivity (Wildman–Crippen MR) is 111 cm³/mol. The van der Waals surface area contributed by atoms with Crippen LogP contribution in [0.2, 0.25) is 10.0 Å². The van der Waals surface area contributed by atoms with Gasteiger partial charge in [-0.3, -0.25) is 4.79 Å². The minimum Gasteiger partial charge on any atom is -0.462 e. The number of nitrogens with one attached hydrogen (secondary N) is 1. The van der Waals surface area contributed by atoms with Crippen LogP contribution in [0.25, 0.3) is 0 Å². The van der Waals surface area contributed by atoms with Gasteiger partial charge in [0, 0.05) is 10.4 Å². The summed E-state index contributed by atoms with van der Waals surface area (Å²) in [7, 11) is 0. The van der Waals surface area contributed by atoms with E-state index in [-0.39, 0.29) is 11.9 Å². The van der Waals surface area contributed by atoms with Crippen LogP contribution in [0.15, 0.2) is 18.2 Å². The molecule has 1 amide bonds. The Morgan fingerprint density at radius 2 is 1.85 bits per heavy atom. The van der Waals surface area contributed by atoms with Crippen LogP contribution in [-0.2, 0) is 17.6 Å². The van der Waals surface area contributed by atoms with Gasteiger partial charge in [0.15, 0.2) is 0 Å². The molecule has 1 heterocycles. The van der Waals surface area contributed by atoms with Crippen LogP contribution in [0.1, 0.15) is 63.8 Å². The lowest BCUT2D eigenvalue weighted by Gasteiger charge is -2.11. The van der Waals surface area contributed by atoms with E-state index in [2.05, 4.69) is 5.32 Å². The standard InChI is InChI=1S/C20H21Cl2NO3S/c1-2-26-20(25)17-13-7-5-3-4-6-8-16(13)27-19(17)23-18(24)12-9-10-14(21)15(22)11-12/h9-11H,2-8H2,1H3,(H,23,24). The molecule has 1 N–H and O–H groups in total. The van der Waals surface area contributed by atoms with Crippen molar-refractivity contribution in [3.05, 3.63) is 49.8 Å². The van der Waals surface area contributed by atoms with Gasteiger partial charge in [-0.1, -0.05) is 36.0 Å². The van der Waals surface area contributed by atoms with E-state index in [0.717, 1.165) is 37.7 Å². The van der Waals surface area contributed by atoms with Crippen molar-refractivity contribution >= 4 is 51.4 Å². The number of carbonyl (C=O) groups is 2. The predicted octanol–water partition coefficient (Wildman–Crippen LogP) is 6.14. The molecule has 0 aliphatic heterocycles. The van der Waals surface area contributed by atoms with Crippen molar-refractivity contribution in [3.8, 4) is 0 Å². The number of halogens is 2. The Morgan fingerprint density at radius 3 is 2.56 bits per heavy atom. The normalized spacial score (nSPS) is 14.0. The number of fused-ring (bicyclic) bond motifs is 1. The maximum atomic E-state index is 12.7. The summed E-state index contributed by atoms with van der Waals surface area (Å²) in [6.07, 6.45) is 6.24. The molecule has 1 aromatic heterocycles. The molecule has 144 valence electrons. The molecule has 0 saturated carbocycles. The van der Waals surface area contributed by atoms with Gasteiger partial charge in [0.25, 0.3) is 5.91 Å². The molecule has 2 aromatic rings. The van der Waals surface area contributed by atoms with Crippen LogP contribution >= 0.6 is 34.5 Å². The number of thiophene rings is 1. The van der Waals surface area contributed by atoms with Gasteiger partial charge >= 0.3 is 5.97 Å². The molecule has 0 atom stereocenters. The lowest BCUT2D eigenvalue weighted by molar-refractivity contribution is 0.0526. The minimum absolute atomic E-state index is 0.295. The zero-order valence-corrected chi connectivity index (χ0v) is 17.4. The second-order valence-corrected chi connectivity index (χ2v) is 8.35. The highest BCUT2D eigenvalue weighted by atomic mass is 35.5. The molecule has 0 saturated heterocycles. The third-order valence-electron chi connectivity index (χ3n) is 4.56. The Hall–Kier alpha value is -1.56. The van der Waals surface area contributed by atoms with Crippen molar-refractivity contribution in [2.75, 3.05) is 11.9 Å². The topological polar surface area (TPSA) is 55.4 Å². The summed E-state index contributed by atoms with van der Waals surface area (Å²) in [6, 6.07) is 4.71. The molecule has 3 rings (SSSR count). The highest BCUT2D eigenvalue weighted by Gasteiger charge is 2.26. The Balaban J connectivity index is 1.95.